The number of furan rings is 1. The molecule has 10 aromatic carbocycles. The van der Waals surface area contributed by atoms with Crippen LogP contribution >= 0.6 is 11.3 Å². The minimum atomic E-state index is 0.857. The van der Waals surface area contributed by atoms with Crippen molar-refractivity contribution in [3.05, 3.63) is 212 Å². The van der Waals surface area contributed by atoms with E-state index in [0.29, 0.717) is 0 Å². The number of fused-ring (bicyclic) bond motifs is 9. The second kappa shape index (κ2) is 13.6. The van der Waals surface area contributed by atoms with Gasteiger partial charge in [-0.3, -0.25) is 0 Å². The number of hydrogen-bond donors (Lipinski definition) is 0. The lowest BCUT2D eigenvalue weighted by atomic mass is 9.89. The Labute approximate surface area is 345 Å². The SMILES string of the molecule is c1ccc(-c2ccc(-c3c(N(c4ccc(-c5cccc6c5sc5ccccc56)cc4)c4cccc5c4oc4ccccc45)c4ccccc4c4ccccc34)cc2)cc1. The van der Waals surface area contributed by atoms with Crippen molar-refractivity contribution in [2.75, 3.05) is 4.90 Å². The third kappa shape index (κ3) is 5.40. The Balaban J connectivity index is 1.14. The molecule has 0 unspecified atom stereocenters. The summed E-state index contributed by atoms with van der Waals surface area (Å²) in [5.41, 5.74) is 12.0. The van der Waals surface area contributed by atoms with Gasteiger partial charge in [0.1, 0.15) is 5.58 Å². The van der Waals surface area contributed by atoms with Crippen LogP contribution < -0.4 is 4.90 Å². The van der Waals surface area contributed by atoms with E-state index in [4.69, 9.17) is 4.42 Å². The first-order valence-electron chi connectivity index (χ1n) is 20.1. The number of benzene rings is 10. The van der Waals surface area contributed by atoms with Crippen molar-refractivity contribution in [1.82, 2.24) is 0 Å². The number of hydrogen-bond acceptors (Lipinski definition) is 3. The van der Waals surface area contributed by atoms with Crippen molar-refractivity contribution in [2.24, 2.45) is 0 Å². The molecule has 0 aliphatic carbocycles. The van der Waals surface area contributed by atoms with Crippen molar-refractivity contribution in [2.45, 2.75) is 0 Å². The Morgan fingerprint density at radius 1 is 0.356 bits per heavy atom. The summed E-state index contributed by atoms with van der Waals surface area (Å²) in [6, 6.07) is 76.9. The molecule has 0 bridgehead atoms. The highest BCUT2D eigenvalue weighted by Gasteiger charge is 2.26. The number of thiophene rings is 1. The normalized spacial score (nSPS) is 11.7. The van der Waals surface area contributed by atoms with E-state index < -0.39 is 0 Å². The summed E-state index contributed by atoms with van der Waals surface area (Å²) in [4.78, 5) is 2.45. The van der Waals surface area contributed by atoms with Gasteiger partial charge < -0.3 is 9.32 Å². The molecule has 3 heteroatoms. The molecule has 0 N–H and O–H groups in total. The van der Waals surface area contributed by atoms with Gasteiger partial charge in [-0.05, 0) is 74.3 Å². The van der Waals surface area contributed by atoms with Gasteiger partial charge in [0.05, 0.1) is 11.4 Å². The highest BCUT2D eigenvalue weighted by molar-refractivity contribution is 7.26. The second-order valence-corrected chi connectivity index (χ2v) is 16.2. The molecule has 0 radical (unpaired) electrons. The van der Waals surface area contributed by atoms with Crippen LogP contribution in [0.1, 0.15) is 0 Å². The molecule has 0 aliphatic rings. The molecular weight excluding hydrogens is 735 g/mol. The maximum atomic E-state index is 6.85. The van der Waals surface area contributed by atoms with Gasteiger partial charge in [0.25, 0.3) is 0 Å². The third-order valence-electron chi connectivity index (χ3n) is 11.9. The van der Waals surface area contributed by atoms with Gasteiger partial charge in [-0.15, -0.1) is 11.3 Å². The first-order chi connectivity index (χ1) is 29.3. The average molecular weight is 770 g/mol. The quantitative estimate of drug-likeness (QED) is 0.157. The molecule has 0 fully saturated rings. The fourth-order valence-electron chi connectivity index (χ4n) is 9.17. The minimum Gasteiger partial charge on any atom is -0.454 e. The predicted molar refractivity (Wildman–Crippen MR) is 253 cm³/mol. The van der Waals surface area contributed by atoms with Gasteiger partial charge in [0.2, 0.25) is 0 Å². The summed E-state index contributed by atoms with van der Waals surface area (Å²) < 4.78 is 9.47. The molecule has 59 heavy (non-hydrogen) atoms. The van der Waals surface area contributed by atoms with E-state index in [1.54, 1.807) is 0 Å². The summed E-state index contributed by atoms with van der Waals surface area (Å²) in [6.45, 7) is 0. The van der Waals surface area contributed by atoms with Gasteiger partial charge in [-0.25, -0.2) is 0 Å². The molecule has 276 valence electrons. The number of anilines is 3. The van der Waals surface area contributed by atoms with Gasteiger partial charge in [0.15, 0.2) is 5.58 Å². The Morgan fingerprint density at radius 3 is 1.71 bits per heavy atom. The zero-order chi connectivity index (χ0) is 38.9. The Bertz CT molecular complexity index is 3540. The highest BCUT2D eigenvalue weighted by Crippen LogP contribution is 2.52. The van der Waals surface area contributed by atoms with Crippen molar-refractivity contribution in [1.29, 1.82) is 0 Å². The lowest BCUT2D eigenvalue weighted by Crippen LogP contribution is -2.12. The van der Waals surface area contributed by atoms with Crippen molar-refractivity contribution in [3.63, 3.8) is 0 Å². The lowest BCUT2D eigenvalue weighted by molar-refractivity contribution is 0.669. The molecule has 0 amide bonds. The Hall–Kier alpha value is -7.46. The van der Waals surface area contributed by atoms with E-state index in [1.807, 2.05) is 17.4 Å². The fourth-order valence-corrected chi connectivity index (χ4v) is 10.4. The van der Waals surface area contributed by atoms with Crippen LogP contribution in [-0.4, -0.2) is 0 Å². The first-order valence-corrected chi connectivity index (χ1v) is 20.9. The summed E-state index contributed by atoms with van der Waals surface area (Å²) in [5, 5.41) is 9.61. The number of nitrogens with zero attached hydrogens (tertiary/aromatic N) is 1. The molecule has 0 aliphatic heterocycles. The molecule has 12 aromatic rings. The van der Waals surface area contributed by atoms with Crippen LogP contribution in [0.15, 0.2) is 217 Å². The molecule has 2 nitrogen and oxygen atoms in total. The minimum absolute atomic E-state index is 0.857. The fraction of sp³-hybridized carbons (Fsp3) is 0. The maximum Gasteiger partial charge on any atom is 0.159 e. The molecule has 0 saturated heterocycles. The molecule has 2 aromatic heterocycles. The zero-order valence-electron chi connectivity index (χ0n) is 32.0. The van der Waals surface area contributed by atoms with Crippen LogP contribution in [-0.2, 0) is 0 Å². The van der Waals surface area contributed by atoms with Crippen LogP contribution in [0, 0.1) is 0 Å². The summed E-state index contributed by atoms with van der Waals surface area (Å²) in [5.74, 6) is 0. The molecule has 12 rings (SSSR count). The van der Waals surface area contributed by atoms with Crippen molar-refractivity contribution < 1.29 is 4.42 Å². The molecular formula is C56H35NOS. The summed E-state index contributed by atoms with van der Waals surface area (Å²) in [6.07, 6.45) is 0. The first kappa shape index (κ1) is 33.7. The van der Waals surface area contributed by atoms with Crippen LogP contribution in [0.5, 0.6) is 0 Å². The van der Waals surface area contributed by atoms with Gasteiger partial charge in [-0.1, -0.05) is 182 Å². The molecule has 0 saturated carbocycles. The van der Waals surface area contributed by atoms with Crippen molar-refractivity contribution in [3.8, 4) is 33.4 Å². The lowest BCUT2D eigenvalue weighted by Gasteiger charge is -2.30. The highest BCUT2D eigenvalue weighted by atomic mass is 32.1. The van der Waals surface area contributed by atoms with Crippen LogP contribution in [0.2, 0.25) is 0 Å². The predicted octanol–water partition coefficient (Wildman–Crippen LogP) is 16.7. The molecule has 2 heterocycles. The van der Waals surface area contributed by atoms with E-state index in [1.165, 1.54) is 69.5 Å². The van der Waals surface area contributed by atoms with Gasteiger partial charge in [-0.2, -0.15) is 0 Å². The summed E-state index contributed by atoms with van der Waals surface area (Å²) in [7, 11) is 0. The van der Waals surface area contributed by atoms with E-state index in [-0.39, 0.29) is 0 Å². The standard InChI is InChI=1S/C56H35NOS/c1-2-14-36(15-3-1)37-28-30-39(31-29-37)53-46-20-6-4-16-42(46)43-17-5-7-21-47(43)54(53)57(50-25-13-23-48-44-18-8-10-26-51(44)58-55(48)50)40-34-32-38(33-35-40)41-22-12-24-49-45-19-9-11-27-52(45)59-56(41)49/h1-35H. The molecule has 0 atom stereocenters. The largest absolute Gasteiger partial charge is 0.454 e. The maximum absolute atomic E-state index is 6.85. The van der Waals surface area contributed by atoms with Crippen LogP contribution in [0.3, 0.4) is 0 Å². The van der Waals surface area contributed by atoms with E-state index >= 15 is 0 Å². The Kier molecular flexibility index (Phi) is 7.75. The second-order valence-electron chi connectivity index (χ2n) is 15.2. The smallest absolute Gasteiger partial charge is 0.159 e. The Morgan fingerprint density at radius 2 is 0.915 bits per heavy atom. The van der Waals surface area contributed by atoms with Crippen molar-refractivity contribution >= 4 is 92.1 Å². The molecule has 0 spiro atoms. The third-order valence-corrected chi connectivity index (χ3v) is 13.1. The number of rotatable bonds is 6. The van der Waals surface area contributed by atoms with Gasteiger partial charge >= 0.3 is 0 Å². The number of para-hydroxylation sites is 2. The average Bonchev–Trinajstić information content (AvgIpc) is 3.89. The van der Waals surface area contributed by atoms with Gasteiger partial charge in [0, 0.05) is 47.6 Å². The van der Waals surface area contributed by atoms with Crippen LogP contribution in [0.4, 0.5) is 17.1 Å². The van der Waals surface area contributed by atoms with E-state index in [2.05, 4.69) is 211 Å². The van der Waals surface area contributed by atoms with Crippen LogP contribution in [0.25, 0.3) is 97.0 Å². The van der Waals surface area contributed by atoms with E-state index in [0.717, 1.165) is 44.6 Å². The zero-order valence-corrected chi connectivity index (χ0v) is 32.8. The monoisotopic (exact) mass is 769 g/mol. The summed E-state index contributed by atoms with van der Waals surface area (Å²) >= 11 is 1.87. The topological polar surface area (TPSA) is 16.4 Å². The van der Waals surface area contributed by atoms with E-state index in [9.17, 15) is 0 Å².